The summed E-state index contributed by atoms with van der Waals surface area (Å²) in [6, 6.07) is 5.82. The van der Waals surface area contributed by atoms with E-state index in [0.717, 1.165) is 31.3 Å². The van der Waals surface area contributed by atoms with Gasteiger partial charge in [0.25, 0.3) is 10.0 Å². The van der Waals surface area contributed by atoms with Crippen molar-refractivity contribution in [2.24, 2.45) is 0 Å². The number of β-amino-alcohol motifs (C(OH)–C–C–N with tert-alkyl or cyclic N) is 1. The van der Waals surface area contributed by atoms with Crippen LogP contribution < -0.4 is 9.62 Å². The number of aliphatic hydroxyl groups is 1. The molecule has 2 heterocycles. The molecule has 0 amide bonds. The van der Waals surface area contributed by atoms with E-state index in [1.165, 1.54) is 12.3 Å². The number of benzene rings is 1. The summed E-state index contributed by atoms with van der Waals surface area (Å²) in [6.45, 7) is 7.08. The lowest BCUT2D eigenvalue weighted by atomic mass is 10.1. The molecule has 7 nitrogen and oxygen atoms in total. The largest absolute Gasteiger partial charge is 0.389 e. The number of pyridine rings is 1. The van der Waals surface area contributed by atoms with Crippen molar-refractivity contribution in [3.8, 4) is 0 Å². The second-order valence-corrected chi connectivity index (χ2v) is 9.34. The van der Waals surface area contributed by atoms with E-state index in [-0.39, 0.29) is 10.6 Å². The van der Waals surface area contributed by atoms with Crippen LogP contribution in [0.15, 0.2) is 41.4 Å². The maximum absolute atomic E-state index is 13.3. The number of hydrogen-bond acceptors (Lipinski definition) is 6. The fourth-order valence-corrected chi connectivity index (χ4v) is 4.17. The maximum Gasteiger partial charge on any atom is 0.263 e. The minimum absolute atomic E-state index is 0.0732. The quantitative estimate of drug-likeness (QED) is 0.736. The van der Waals surface area contributed by atoms with Crippen LogP contribution in [0.4, 0.5) is 20.3 Å². The molecular weight excluding hydrogens is 402 g/mol. The van der Waals surface area contributed by atoms with Gasteiger partial charge in [0, 0.05) is 45.0 Å². The normalized spacial score (nSPS) is 16.1. The first-order chi connectivity index (χ1) is 13.5. The topological polar surface area (TPSA) is 85.8 Å². The van der Waals surface area contributed by atoms with Crippen LogP contribution in [0.3, 0.4) is 0 Å². The molecule has 0 unspecified atom stereocenters. The van der Waals surface area contributed by atoms with Crippen molar-refractivity contribution in [2.75, 3.05) is 42.3 Å². The predicted octanol–water partition coefficient (Wildman–Crippen LogP) is 2.05. The fourth-order valence-electron chi connectivity index (χ4n) is 3.17. The Balaban J connectivity index is 1.64. The molecule has 29 heavy (non-hydrogen) atoms. The van der Waals surface area contributed by atoms with Gasteiger partial charge in [-0.3, -0.25) is 9.62 Å². The van der Waals surface area contributed by atoms with Gasteiger partial charge in [-0.1, -0.05) is 0 Å². The van der Waals surface area contributed by atoms with E-state index < -0.39 is 27.3 Å². The molecule has 1 saturated heterocycles. The third kappa shape index (κ3) is 5.62. The van der Waals surface area contributed by atoms with Crippen molar-refractivity contribution in [1.29, 1.82) is 0 Å². The molecule has 0 saturated carbocycles. The van der Waals surface area contributed by atoms with Crippen molar-refractivity contribution in [2.45, 2.75) is 24.3 Å². The lowest BCUT2D eigenvalue weighted by Crippen LogP contribution is -2.50. The molecule has 1 aromatic heterocycles. The molecule has 0 atom stereocenters. The highest BCUT2D eigenvalue weighted by atomic mass is 32.2. The number of piperazine rings is 1. The van der Waals surface area contributed by atoms with Crippen molar-refractivity contribution in [3.63, 3.8) is 0 Å². The Hall–Kier alpha value is -2.30. The molecule has 1 aliphatic rings. The Morgan fingerprint density at radius 1 is 1.10 bits per heavy atom. The lowest BCUT2D eigenvalue weighted by molar-refractivity contribution is 0.0344. The van der Waals surface area contributed by atoms with E-state index in [2.05, 4.69) is 14.6 Å². The van der Waals surface area contributed by atoms with E-state index in [0.29, 0.717) is 25.5 Å². The average Bonchev–Trinajstić information content (AvgIpc) is 2.64. The molecule has 1 aromatic carbocycles. The monoisotopic (exact) mass is 426 g/mol. The summed E-state index contributed by atoms with van der Waals surface area (Å²) in [4.78, 5) is 8.38. The average molecular weight is 426 g/mol. The number of halogens is 2. The van der Waals surface area contributed by atoms with Crippen LogP contribution in [-0.2, 0) is 10.0 Å². The number of nitrogens with one attached hydrogen (secondary N) is 1. The van der Waals surface area contributed by atoms with Gasteiger partial charge in [-0.05, 0) is 38.1 Å². The molecule has 2 N–H and O–H groups in total. The zero-order valence-corrected chi connectivity index (χ0v) is 17.1. The number of hydrogen-bond donors (Lipinski definition) is 2. The van der Waals surface area contributed by atoms with Crippen LogP contribution in [-0.4, -0.2) is 61.7 Å². The van der Waals surface area contributed by atoms with E-state index in [1.54, 1.807) is 19.9 Å². The second-order valence-electron chi connectivity index (χ2n) is 7.66. The van der Waals surface area contributed by atoms with Gasteiger partial charge in [0.05, 0.1) is 11.3 Å². The van der Waals surface area contributed by atoms with E-state index in [4.69, 9.17) is 0 Å². The predicted molar refractivity (Wildman–Crippen MR) is 106 cm³/mol. The summed E-state index contributed by atoms with van der Waals surface area (Å²) in [6.07, 6.45) is 1.24. The summed E-state index contributed by atoms with van der Waals surface area (Å²) in [5, 5.41) is 9.92. The Kier molecular flexibility index (Phi) is 6.06. The Morgan fingerprint density at radius 3 is 2.34 bits per heavy atom. The van der Waals surface area contributed by atoms with Crippen molar-refractivity contribution < 1.29 is 22.3 Å². The third-order valence-electron chi connectivity index (χ3n) is 4.51. The summed E-state index contributed by atoms with van der Waals surface area (Å²) in [5.74, 6) is -1.54. The van der Waals surface area contributed by atoms with E-state index in [1.807, 2.05) is 4.90 Å². The first kappa shape index (κ1) is 21.4. The third-order valence-corrected chi connectivity index (χ3v) is 5.88. The molecule has 158 valence electrons. The minimum atomic E-state index is -3.98. The van der Waals surface area contributed by atoms with Gasteiger partial charge < -0.3 is 10.0 Å². The molecule has 0 spiro atoms. The molecule has 0 bridgehead atoms. The first-order valence-electron chi connectivity index (χ1n) is 9.17. The molecule has 2 aromatic rings. The summed E-state index contributed by atoms with van der Waals surface area (Å²) in [7, 11) is -3.98. The van der Waals surface area contributed by atoms with Crippen LogP contribution in [0.2, 0.25) is 0 Å². The molecule has 10 heteroatoms. The lowest BCUT2D eigenvalue weighted by Gasteiger charge is -2.37. The van der Waals surface area contributed by atoms with Crippen LogP contribution in [0.25, 0.3) is 0 Å². The molecular formula is C19H24F2N4O3S. The molecule has 1 fully saturated rings. The van der Waals surface area contributed by atoms with Crippen LogP contribution in [0.1, 0.15) is 13.8 Å². The standard InChI is InChI=1S/C19H24F2N4O3S/c1-19(2,26)13-24-7-9-25(10-8-24)18-6-4-15(12-22-18)29(27,28)23-14-3-5-16(20)17(21)11-14/h3-6,11-12,23,26H,7-10,13H2,1-2H3. The van der Waals surface area contributed by atoms with Gasteiger partial charge in [0.2, 0.25) is 0 Å². The Morgan fingerprint density at radius 2 is 1.79 bits per heavy atom. The second kappa shape index (κ2) is 8.21. The number of rotatable bonds is 6. The zero-order valence-electron chi connectivity index (χ0n) is 16.3. The number of anilines is 2. The van der Waals surface area contributed by atoms with Gasteiger partial charge in [-0.25, -0.2) is 22.2 Å². The minimum Gasteiger partial charge on any atom is -0.389 e. The highest BCUT2D eigenvalue weighted by Gasteiger charge is 2.24. The summed E-state index contributed by atoms with van der Waals surface area (Å²) in [5.41, 5.74) is -0.826. The fraction of sp³-hybridized carbons (Fsp3) is 0.421. The number of aromatic nitrogens is 1. The maximum atomic E-state index is 13.3. The first-order valence-corrected chi connectivity index (χ1v) is 10.7. The Labute approximate surface area is 169 Å². The van der Waals surface area contributed by atoms with E-state index in [9.17, 15) is 22.3 Å². The van der Waals surface area contributed by atoms with Crippen molar-refractivity contribution >= 4 is 21.5 Å². The Bertz CT molecular complexity index is 954. The molecule has 0 aliphatic carbocycles. The summed E-state index contributed by atoms with van der Waals surface area (Å²) < 4.78 is 53.4. The van der Waals surface area contributed by atoms with E-state index >= 15 is 0 Å². The molecule has 0 radical (unpaired) electrons. The van der Waals surface area contributed by atoms with Crippen LogP contribution >= 0.6 is 0 Å². The highest BCUT2D eigenvalue weighted by Crippen LogP contribution is 2.21. The van der Waals surface area contributed by atoms with Gasteiger partial charge in [0.1, 0.15) is 10.7 Å². The summed E-state index contributed by atoms with van der Waals surface area (Å²) >= 11 is 0. The molecule has 1 aliphatic heterocycles. The van der Waals surface area contributed by atoms with Crippen molar-refractivity contribution in [1.82, 2.24) is 9.88 Å². The number of nitrogens with zero attached hydrogens (tertiary/aromatic N) is 3. The highest BCUT2D eigenvalue weighted by molar-refractivity contribution is 7.92. The van der Waals surface area contributed by atoms with Crippen LogP contribution in [0, 0.1) is 11.6 Å². The smallest absolute Gasteiger partial charge is 0.263 e. The SMILES string of the molecule is CC(C)(O)CN1CCN(c2ccc(S(=O)(=O)Nc3ccc(F)c(F)c3)cn2)CC1. The van der Waals surface area contributed by atoms with Gasteiger partial charge in [0.15, 0.2) is 11.6 Å². The van der Waals surface area contributed by atoms with Gasteiger partial charge in [-0.2, -0.15) is 0 Å². The van der Waals surface area contributed by atoms with Crippen LogP contribution in [0.5, 0.6) is 0 Å². The van der Waals surface area contributed by atoms with Gasteiger partial charge in [-0.15, -0.1) is 0 Å². The zero-order chi connectivity index (χ0) is 21.2. The van der Waals surface area contributed by atoms with Crippen molar-refractivity contribution in [3.05, 3.63) is 48.2 Å². The number of sulfonamides is 1. The van der Waals surface area contributed by atoms with Gasteiger partial charge >= 0.3 is 0 Å². The molecule has 3 rings (SSSR count).